The van der Waals surface area contributed by atoms with Crippen molar-refractivity contribution < 1.29 is 24.2 Å². The Kier molecular flexibility index (Phi) is 11.0. The van der Waals surface area contributed by atoms with Crippen molar-refractivity contribution in [3.8, 4) is 5.75 Å². The third kappa shape index (κ3) is 8.37. The van der Waals surface area contributed by atoms with Gasteiger partial charge in [-0.2, -0.15) is 0 Å². The van der Waals surface area contributed by atoms with E-state index in [9.17, 15) is 19.5 Å². The molecule has 0 bridgehead atoms. The van der Waals surface area contributed by atoms with Crippen LogP contribution in [0.3, 0.4) is 0 Å². The van der Waals surface area contributed by atoms with Crippen LogP contribution in [0.25, 0.3) is 0 Å². The summed E-state index contributed by atoms with van der Waals surface area (Å²) in [5, 5.41) is 15.6. The van der Waals surface area contributed by atoms with Crippen molar-refractivity contribution in [2.24, 2.45) is 5.92 Å². The van der Waals surface area contributed by atoms with E-state index in [1.807, 2.05) is 39.8 Å². The van der Waals surface area contributed by atoms with Gasteiger partial charge in [0.15, 0.2) is 0 Å². The lowest BCUT2D eigenvalue weighted by atomic mass is 9.99. The summed E-state index contributed by atoms with van der Waals surface area (Å²) in [7, 11) is 5.63. The van der Waals surface area contributed by atoms with Crippen LogP contribution in [0.2, 0.25) is 0 Å². The Labute approximate surface area is 214 Å². The molecule has 0 saturated heterocycles. The molecule has 1 aliphatic rings. The molecule has 1 heterocycles. The van der Waals surface area contributed by atoms with Crippen LogP contribution >= 0.6 is 0 Å². The summed E-state index contributed by atoms with van der Waals surface area (Å²) >= 11 is 0. The standard InChI is InChI=1S/C26H43N5O5/c1-17(2)27-26(35)30(7)15-23-18(3)14-31(19(4)16-32)25(34)21-13-20(10-11-22(21)36-23)28-24(33)9-8-12-29(5)6/h10-11,13,17-19,23,32H,8-9,12,14-16H2,1-7H3,(H,27,35)(H,28,33)/t18-,19-,23-/m1/s1. The number of carbonyl (C=O) groups is 3. The Morgan fingerprint density at radius 2 is 1.92 bits per heavy atom. The van der Waals surface area contributed by atoms with Crippen LogP contribution in [-0.4, -0.2) is 103 Å². The van der Waals surface area contributed by atoms with E-state index in [1.54, 1.807) is 42.0 Å². The Bertz CT molecular complexity index is 907. The van der Waals surface area contributed by atoms with Crippen LogP contribution < -0.4 is 15.4 Å². The minimum absolute atomic E-state index is 0.00591. The number of anilines is 1. The molecular weight excluding hydrogens is 462 g/mol. The Balaban J connectivity index is 2.31. The topological polar surface area (TPSA) is 114 Å². The fraction of sp³-hybridized carbons (Fsp3) is 0.654. The lowest BCUT2D eigenvalue weighted by Gasteiger charge is -2.38. The number of nitrogens with one attached hydrogen (secondary N) is 2. The van der Waals surface area contributed by atoms with Gasteiger partial charge in [-0.3, -0.25) is 9.59 Å². The first-order valence-electron chi connectivity index (χ1n) is 12.6. The number of rotatable bonds is 10. The monoisotopic (exact) mass is 505 g/mol. The largest absolute Gasteiger partial charge is 0.487 e. The van der Waals surface area contributed by atoms with Gasteiger partial charge >= 0.3 is 6.03 Å². The Morgan fingerprint density at radius 3 is 2.53 bits per heavy atom. The average molecular weight is 506 g/mol. The summed E-state index contributed by atoms with van der Waals surface area (Å²) < 4.78 is 6.31. The number of fused-ring (bicyclic) bond motifs is 1. The third-order valence-electron chi connectivity index (χ3n) is 6.17. The molecule has 1 aliphatic heterocycles. The van der Waals surface area contributed by atoms with Crippen molar-refractivity contribution in [2.75, 3.05) is 52.7 Å². The number of urea groups is 1. The normalized spacial score (nSPS) is 18.7. The van der Waals surface area contributed by atoms with Crippen LogP contribution in [0.1, 0.15) is 50.9 Å². The summed E-state index contributed by atoms with van der Waals surface area (Å²) in [6.45, 7) is 8.85. The van der Waals surface area contributed by atoms with Gasteiger partial charge in [0.05, 0.1) is 24.8 Å². The van der Waals surface area contributed by atoms with Crippen LogP contribution in [0.15, 0.2) is 18.2 Å². The number of likely N-dealkylation sites (N-methyl/N-ethyl adjacent to an activating group) is 1. The maximum Gasteiger partial charge on any atom is 0.317 e. The number of carbonyl (C=O) groups excluding carboxylic acids is 3. The van der Waals surface area contributed by atoms with Crippen LogP contribution in [-0.2, 0) is 4.79 Å². The number of hydrogen-bond acceptors (Lipinski definition) is 6. The number of nitrogens with zero attached hydrogens (tertiary/aromatic N) is 3. The van der Waals surface area contributed by atoms with E-state index in [4.69, 9.17) is 4.74 Å². The number of hydrogen-bond donors (Lipinski definition) is 3. The predicted molar refractivity (Wildman–Crippen MR) is 140 cm³/mol. The maximum atomic E-state index is 13.5. The van der Waals surface area contributed by atoms with Crippen LogP contribution in [0, 0.1) is 5.92 Å². The van der Waals surface area contributed by atoms with E-state index in [0.29, 0.717) is 36.5 Å². The van der Waals surface area contributed by atoms with Crippen LogP contribution in [0.4, 0.5) is 10.5 Å². The second-order valence-corrected chi connectivity index (χ2v) is 10.3. The van der Waals surface area contributed by atoms with Crippen molar-refractivity contribution in [1.29, 1.82) is 0 Å². The van der Waals surface area contributed by atoms with Gasteiger partial charge in [-0.1, -0.05) is 6.92 Å². The van der Waals surface area contributed by atoms with Gasteiger partial charge in [-0.25, -0.2) is 4.79 Å². The predicted octanol–water partition coefficient (Wildman–Crippen LogP) is 2.24. The summed E-state index contributed by atoms with van der Waals surface area (Å²) in [6.07, 6.45) is 0.711. The molecule has 202 valence electrons. The lowest BCUT2D eigenvalue weighted by molar-refractivity contribution is -0.116. The molecule has 4 amide bonds. The van der Waals surface area contributed by atoms with Gasteiger partial charge in [0.1, 0.15) is 11.9 Å². The molecule has 0 aromatic heterocycles. The summed E-state index contributed by atoms with van der Waals surface area (Å²) in [5.41, 5.74) is 0.823. The van der Waals surface area contributed by atoms with Gasteiger partial charge in [0.2, 0.25) is 5.91 Å². The molecule has 0 spiro atoms. The Morgan fingerprint density at radius 1 is 1.22 bits per heavy atom. The highest BCUT2D eigenvalue weighted by Crippen LogP contribution is 2.30. The Hall–Kier alpha value is -2.85. The number of aliphatic hydroxyl groups excluding tert-OH is 1. The molecule has 10 heteroatoms. The van der Waals surface area contributed by atoms with Crippen molar-refractivity contribution in [3.05, 3.63) is 23.8 Å². The molecule has 0 radical (unpaired) electrons. The molecule has 2 rings (SSSR count). The highest BCUT2D eigenvalue weighted by Gasteiger charge is 2.34. The fourth-order valence-corrected chi connectivity index (χ4v) is 4.01. The quantitative estimate of drug-likeness (QED) is 0.449. The first-order valence-corrected chi connectivity index (χ1v) is 12.6. The minimum atomic E-state index is -0.405. The molecule has 3 atom stereocenters. The number of amides is 4. The molecule has 1 aromatic carbocycles. The van der Waals surface area contributed by atoms with E-state index in [-0.39, 0.29) is 42.5 Å². The van der Waals surface area contributed by atoms with Gasteiger partial charge in [-0.15, -0.1) is 0 Å². The summed E-state index contributed by atoms with van der Waals surface area (Å²) in [5.74, 6) is -0.121. The molecule has 10 nitrogen and oxygen atoms in total. The maximum absolute atomic E-state index is 13.5. The second-order valence-electron chi connectivity index (χ2n) is 10.3. The average Bonchev–Trinajstić information content (AvgIpc) is 2.80. The zero-order chi connectivity index (χ0) is 27.0. The molecule has 0 unspecified atom stereocenters. The molecule has 0 aliphatic carbocycles. The summed E-state index contributed by atoms with van der Waals surface area (Å²) in [6, 6.07) is 4.43. The van der Waals surface area contributed by atoms with Crippen LogP contribution in [0.5, 0.6) is 5.75 Å². The van der Waals surface area contributed by atoms with E-state index < -0.39 is 6.04 Å². The highest BCUT2D eigenvalue weighted by atomic mass is 16.5. The van der Waals surface area contributed by atoms with Gasteiger partial charge in [0, 0.05) is 37.7 Å². The van der Waals surface area contributed by atoms with E-state index in [2.05, 4.69) is 10.6 Å². The van der Waals surface area contributed by atoms with Crippen molar-refractivity contribution in [2.45, 2.75) is 58.7 Å². The fourth-order valence-electron chi connectivity index (χ4n) is 4.01. The van der Waals surface area contributed by atoms with Gasteiger partial charge in [0.25, 0.3) is 5.91 Å². The molecule has 0 saturated carbocycles. The van der Waals surface area contributed by atoms with E-state index in [0.717, 1.165) is 13.0 Å². The molecular formula is C26H43N5O5. The van der Waals surface area contributed by atoms with E-state index >= 15 is 0 Å². The second kappa shape index (κ2) is 13.5. The number of ether oxygens (including phenoxy) is 1. The van der Waals surface area contributed by atoms with Crippen molar-refractivity contribution in [3.63, 3.8) is 0 Å². The van der Waals surface area contributed by atoms with Crippen molar-refractivity contribution in [1.82, 2.24) is 20.0 Å². The molecule has 1 aromatic rings. The summed E-state index contributed by atoms with van der Waals surface area (Å²) in [4.78, 5) is 43.6. The van der Waals surface area contributed by atoms with E-state index in [1.165, 1.54) is 0 Å². The zero-order valence-electron chi connectivity index (χ0n) is 22.7. The van der Waals surface area contributed by atoms with Gasteiger partial charge < -0.3 is 35.2 Å². The zero-order valence-corrected chi connectivity index (χ0v) is 22.7. The number of aliphatic hydroxyl groups is 1. The van der Waals surface area contributed by atoms with Gasteiger partial charge in [-0.05, 0) is 66.0 Å². The number of benzene rings is 1. The SMILES string of the molecule is CC(C)NC(=O)N(C)C[C@H]1Oc2ccc(NC(=O)CCCN(C)C)cc2C(=O)N([C@H](C)CO)C[C@H]1C. The smallest absolute Gasteiger partial charge is 0.317 e. The minimum Gasteiger partial charge on any atom is -0.487 e. The molecule has 36 heavy (non-hydrogen) atoms. The lowest BCUT2D eigenvalue weighted by Crippen LogP contribution is -2.51. The van der Waals surface area contributed by atoms with Crippen molar-refractivity contribution >= 4 is 23.5 Å². The first kappa shape index (κ1) is 29.4. The molecule has 3 N–H and O–H groups in total. The third-order valence-corrected chi connectivity index (χ3v) is 6.17. The highest BCUT2D eigenvalue weighted by molar-refractivity contribution is 5.99. The first-order chi connectivity index (χ1) is 16.9. The molecule has 0 fully saturated rings.